The van der Waals surface area contributed by atoms with E-state index < -0.39 is 30.4 Å². The third-order valence-electron chi connectivity index (χ3n) is 2.20. The maximum absolute atomic E-state index is 12.1. The van der Waals surface area contributed by atoms with E-state index in [1.807, 2.05) is 0 Å². The van der Waals surface area contributed by atoms with E-state index in [2.05, 4.69) is 4.98 Å². The number of carboxylic acid groups (broad SMARTS) is 1. The van der Waals surface area contributed by atoms with Gasteiger partial charge in [-0.05, 0) is 0 Å². The van der Waals surface area contributed by atoms with Gasteiger partial charge in [0.05, 0.1) is 12.1 Å². The first kappa shape index (κ1) is 14.5. The van der Waals surface area contributed by atoms with Gasteiger partial charge in [0, 0.05) is 11.8 Å². The van der Waals surface area contributed by atoms with Crippen LogP contribution in [0.1, 0.15) is 49.3 Å². The van der Waals surface area contributed by atoms with Crippen molar-refractivity contribution in [3.05, 3.63) is 17.3 Å². The van der Waals surface area contributed by atoms with E-state index in [9.17, 15) is 18.0 Å². The molecular weight excluding hydrogens is 251 g/mol. The SMILES string of the molecule is CC(C)(C)c1nc(CCC(F)(F)F)oc1C(=O)O. The Morgan fingerprint density at radius 3 is 2.22 bits per heavy atom. The molecule has 0 atom stereocenters. The standard InChI is InChI=1S/C11H14F3NO3/c1-10(2,3)8-7(9(16)17)18-6(15-8)4-5-11(12,13)14/h4-5H2,1-3H3,(H,16,17). The van der Waals surface area contributed by atoms with E-state index >= 15 is 0 Å². The number of nitrogens with zero attached hydrogens (tertiary/aromatic N) is 1. The lowest BCUT2D eigenvalue weighted by Gasteiger charge is -2.14. The molecule has 7 heteroatoms. The summed E-state index contributed by atoms with van der Waals surface area (Å²) in [6.45, 7) is 5.14. The molecule has 1 heterocycles. The zero-order valence-electron chi connectivity index (χ0n) is 10.3. The van der Waals surface area contributed by atoms with Crippen molar-refractivity contribution in [2.24, 2.45) is 0 Å². The van der Waals surface area contributed by atoms with Gasteiger partial charge in [0.15, 0.2) is 5.89 Å². The van der Waals surface area contributed by atoms with Gasteiger partial charge in [-0.2, -0.15) is 13.2 Å². The van der Waals surface area contributed by atoms with Gasteiger partial charge in [0.1, 0.15) is 0 Å². The summed E-state index contributed by atoms with van der Waals surface area (Å²) in [6, 6.07) is 0. The van der Waals surface area contributed by atoms with E-state index in [1.54, 1.807) is 20.8 Å². The number of alkyl halides is 3. The highest BCUT2D eigenvalue weighted by Gasteiger charge is 2.31. The van der Waals surface area contributed by atoms with E-state index in [0.29, 0.717) is 0 Å². The summed E-state index contributed by atoms with van der Waals surface area (Å²) >= 11 is 0. The first-order chi connectivity index (χ1) is 8.00. The molecule has 0 amide bonds. The van der Waals surface area contributed by atoms with Crippen LogP contribution in [0.5, 0.6) is 0 Å². The van der Waals surface area contributed by atoms with Crippen molar-refractivity contribution >= 4 is 5.97 Å². The molecule has 0 unspecified atom stereocenters. The fraction of sp³-hybridized carbons (Fsp3) is 0.636. The van der Waals surface area contributed by atoms with Crippen LogP contribution in [0.4, 0.5) is 13.2 Å². The second kappa shape index (κ2) is 4.62. The average Bonchev–Trinajstić information content (AvgIpc) is 2.56. The minimum atomic E-state index is -4.32. The molecule has 0 aliphatic heterocycles. The summed E-state index contributed by atoms with van der Waals surface area (Å²) in [5.74, 6) is -1.92. The Bertz CT molecular complexity index is 443. The predicted octanol–water partition coefficient (Wildman–Crippen LogP) is 3.17. The summed E-state index contributed by atoms with van der Waals surface area (Å²) in [4.78, 5) is 14.8. The van der Waals surface area contributed by atoms with Crippen LogP contribution in [0, 0.1) is 0 Å². The number of aromatic carboxylic acids is 1. The molecule has 4 nitrogen and oxygen atoms in total. The molecule has 0 radical (unpaired) electrons. The Morgan fingerprint density at radius 2 is 1.89 bits per heavy atom. The number of carbonyl (C=O) groups is 1. The van der Waals surface area contributed by atoms with Crippen LogP contribution < -0.4 is 0 Å². The summed E-state index contributed by atoms with van der Waals surface area (Å²) in [6.07, 6.45) is -5.87. The fourth-order valence-electron chi connectivity index (χ4n) is 1.37. The monoisotopic (exact) mass is 265 g/mol. The van der Waals surface area contributed by atoms with Crippen molar-refractivity contribution in [3.63, 3.8) is 0 Å². The molecule has 1 aromatic heterocycles. The van der Waals surface area contributed by atoms with E-state index in [0.717, 1.165) is 0 Å². The molecule has 1 N–H and O–H groups in total. The lowest BCUT2D eigenvalue weighted by molar-refractivity contribution is -0.134. The number of aryl methyl sites for hydroxylation is 1. The van der Waals surface area contributed by atoms with Crippen molar-refractivity contribution in [1.29, 1.82) is 0 Å². The van der Waals surface area contributed by atoms with E-state index in [-0.39, 0.29) is 17.3 Å². The number of oxazole rings is 1. The molecule has 0 spiro atoms. The molecule has 0 aliphatic carbocycles. The maximum Gasteiger partial charge on any atom is 0.389 e. The van der Waals surface area contributed by atoms with Crippen LogP contribution in [0.25, 0.3) is 0 Å². The highest BCUT2D eigenvalue weighted by molar-refractivity contribution is 5.86. The van der Waals surface area contributed by atoms with Gasteiger partial charge < -0.3 is 9.52 Å². The normalized spacial score (nSPS) is 12.8. The number of rotatable bonds is 3. The fourth-order valence-corrected chi connectivity index (χ4v) is 1.37. The third kappa shape index (κ3) is 3.75. The van der Waals surface area contributed by atoms with Crippen LogP contribution in [0.3, 0.4) is 0 Å². The van der Waals surface area contributed by atoms with Crippen LogP contribution in [0.2, 0.25) is 0 Å². The molecule has 1 aromatic rings. The molecule has 0 bridgehead atoms. The van der Waals surface area contributed by atoms with Crippen LogP contribution >= 0.6 is 0 Å². The van der Waals surface area contributed by atoms with Crippen LogP contribution in [0.15, 0.2) is 4.42 Å². The van der Waals surface area contributed by atoms with Crippen LogP contribution in [-0.2, 0) is 11.8 Å². The maximum atomic E-state index is 12.1. The number of hydrogen-bond acceptors (Lipinski definition) is 3. The Morgan fingerprint density at radius 1 is 1.33 bits per heavy atom. The lowest BCUT2D eigenvalue weighted by Crippen LogP contribution is -2.16. The Balaban J connectivity index is 3.00. The summed E-state index contributed by atoms with van der Waals surface area (Å²) in [5.41, 5.74) is -0.444. The second-order valence-corrected chi connectivity index (χ2v) is 4.96. The number of carboxylic acids is 1. The molecule has 102 valence electrons. The van der Waals surface area contributed by atoms with Gasteiger partial charge in [-0.25, -0.2) is 9.78 Å². The minimum absolute atomic E-state index is 0.159. The molecule has 0 aromatic carbocycles. The number of aromatic nitrogens is 1. The Kier molecular flexibility index (Phi) is 3.73. The van der Waals surface area contributed by atoms with Gasteiger partial charge in [-0.3, -0.25) is 0 Å². The van der Waals surface area contributed by atoms with Crippen molar-refractivity contribution < 1.29 is 27.5 Å². The quantitative estimate of drug-likeness (QED) is 0.911. The molecule has 0 saturated carbocycles. The van der Waals surface area contributed by atoms with Crippen molar-refractivity contribution in [2.75, 3.05) is 0 Å². The van der Waals surface area contributed by atoms with E-state index in [4.69, 9.17) is 9.52 Å². The second-order valence-electron chi connectivity index (χ2n) is 4.96. The number of hydrogen-bond donors (Lipinski definition) is 1. The zero-order valence-corrected chi connectivity index (χ0v) is 10.3. The highest BCUT2D eigenvalue weighted by Crippen LogP contribution is 2.28. The largest absolute Gasteiger partial charge is 0.475 e. The summed E-state index contributed by atoms with van der Waals surface area (Å²) in [7, 11) is 0. The van der Waals surface area contributed by atoms with Gasteiger partial charge >= 0.3 is 12.1 Å². The topological polar surface area (TPSA) is 63.3 Å². The van der Waals surface area contributed by atoms with Gasteiger partial charge in [-0.15, -0.1) is 0 Å². The van der Waals surface area contributed by atoms with Crippen molar-refractivity contribution in [3.8, 4) is 0 Å². The minimum Gasteiger partial charge on any atom is -0.475 e. The summed E-state index contributed by atoms with van der Waals surface area (Å²) in [5, 5.41) is 8.91. The smallest absolute Gasteiger partial charge is 0.389 e. The molecule has 0 aliphatic rings. The van der Waals surface area contributed by atoms with E-state index in [1.165, 1.54) is 0 Å². The predicted molar refractivity (Wildman–Crippen MR) is 56.5 cm³/mol. The molecule has 1 rings (SSSR count). The molecular formula is C11H14F3NO3. The summed E-state index contributed by atoms with van der Waals surface area (Å²) < 4.78 is 41.1. The lowest BCUT2D eigenvalue weighted by atomic mass is 9.91. The van der Waals surface area contributed by atoms with Crippen molar-refractivity contribution in [2.45, 2.75) is 45.2 Å². The van der Waals surface area contributed by atoms with Crippen LogP contribution in [-0.4, -0.2) is 22.2 Å². The molecule has 18 heavy (non-hydrogen) atoms. The van der Waals surface area contributed by atoms with Gasteiger partial charge in [0.2, 0.25) is 5.76 Å². The Hall–Kier alpha value is -1.53. The first-order valence-electron chi connectivity index (χ1n) is 5.31. The van der Waals surface area contributed by atoms with Crippen molar-refractivity contribution in [1.82, 2.24) is 4.98 Å². The third-order valence-corrected chi connectivity index (χ3v) is 2.20. The highest BCUT2D eigenvalue weighted by atomic mass is 19.4. The Labute approximate surface area is 102 Å². The average molecular weight is 265 g/mol. The van der Waals surface area contributed by atoms with Gasteiger partial charge in [-0.1, -0.05) is 20.8 Å². The zero-order chi connectivity index (χ0) is 14.1. The first-order valence-corrected chi connectivity index (χ1v) is 5.31. The molecule has 0 fully saturated rings. The number of halogens is 3. The molecule has 0 saturated heterocycles. The van der Waals surface area contributed by atoms with Gasteiger partial charge in [0.25, 0.3) is 0 Å².